The SMILES string of the molecule is Cc1cccc(-c2n[nH]c(=S)n2CC(=O)Nc2nc(-c3ccc(OC(F)F)cc3)c(C)s2)c1. The molecule has 1 amide bonds. The fraction of sp³-hybridized carbons (Fsp3) is 0.182. The molecule has 0 atom stereocenters. The van der Waals surface area contributed by atoms with Crippen LogP contribution in [0.25, 0.3) is 22.6 Å². The van der Waals surface area contributed by atoms with Crippen LogP contribution in [0.5, 0.6) is 5.75 Å². The van der Waals surface area contributed by atoms with Gasteiger partial charge in [-0.1, -0.05) is 23.8 Å². The van der Waals surface area contributed by atoms with E-state index < -0.39 is 6.61 Å². The number of hydrogen-bond donors (Lipinski definition) is 2. The van der Waals surface area contributed by atoms with Crippen molar-refractivity contribution in [2.45, 2.75) is 27.0 Å². The number of aromatic amines is 1. The maximum absolute atomic E-state index is 12.7. The zero-order valence-electron chi connectivity index (χ0n) is 17.6. The van der Waals surface area contributed by atoms with Crippen LogP contribution in [-0.4, -0.2) is 32.3 Å². The third-order valence-electron chi connectivity index (χ3n) is 4.73. The quantitative estimate of drug-likeness (QED) is 0.332. The molecule has 11 heteroatoms. The fourth-order valence-corrected chi connectivity index (χ4v) is 4.33. The Morgan fingerprint density at radius 2 is 1.97 bits per heavy atom. The van der Waals surface area contributed by atoms with Gasteiger partial charge in [0.2, 0.25) is 5.91 Å². The van der Waals surface area contributed by atoms with Gasteiger partial charge in [-0.25, -0.2) is 4.98 Å². The number of halogens is 2. The molecule has 2 N–H and O–H groups in total. The van der Waals surface area contributed by atoms with Crippen LogP contribution in [-0.2, 0) is 11.3 Å². The Kier molecular flexibility index (Phi) is 6.61. The Hall–Kier alpha value is -3.44. The smallest absolute Gasteiger partial charge is 0.387 e. The minimum Gasteiger partial charge on any atom is -0.435 e. The van der Waals surface area contributed by atoms with Crippen LogP contribution in [0.1, 0.15) is 10.4 Å². The molecule has 7 nitrogen and oxygen atoms in total. The van der Waals surface area contributed by atoms with E-state index in [9.17, 15) is 13.6 Å². The van der Waals surface area contributed by atoms with Gasteiger partial charge in [-0.05, 0) is 56.4 Å². The van der Waals surface area contributed by atoms with E-state index in [1.807, 2.05) is 38.1 Å². The number of rotatable bonds is 7. The van der Waals surface area contributed by atoms with Crippen molar-refractivity contribution in [1.82, 2.24) is 19.7 Å². The topological polar surface area (TPSA) is 84.8 Å². The van der Waals surface area contributed by atoms with Crippen LogP contribution in [0.15, 0.2) is 48.5 Å². The largest absolute Gasteiger partial charge is 0.435 e. The molecule has 0 radical (unpaired) electrons. The van der Waals surface area contributed by atoms with Crippen molar-refractivity contribution in [2.24, 2.45) is 0 Å². The minimum absolute atomic E-state index is 0.0355. The van der Waals surface area contributed by atoms with Crippen molar-refractivity contribution in [3.8, 4) is 28.4 Å². The Morgan fingerprint density at radius 3 is 2.67 bits per heavy atom. The van der Waals surface area contributed by atoms with Gasteiger partial charge in [0, 0.05) is 16.0 Å². The van der Waals surface area contributed by atoms with Crippen LogP contribution >= 0.6 is 23.6 Å². The first-order chi connectivity index (χ1) is 15.8. The second-order valence-corrected chi connectivity index (χ2v) is 8.77. The van der Waals surface area contributed by atoms with Gasteiger partial charge >= 0.3 is 6.61 Å². The maximum Gasteiger partial charge on any atom is 0.387 e. The second kappa shape index (κ2) is 9.59. The molecule has 4 aromatic rings. The van der Waals surface area contributed by atoms with Crippen molar-refractivity contribution >= 4 is 34.6 Å². The van der Waals surface area contributed by atoms with Gasteiger partial charge in [0.1, 0.15) is 12.3 Å². The number of thiazole rings is 1. The lowest BCUT2D eigenvalue weighted by Crippen LogP contribution is -2.19. The van der Waals surface area contributed by atoms with E-state index in [1.54, 1.807) is 16.7 Å². The molecule has 4 rings (SSSR count). The average Bonchev–Trinajstić information content (AvgIpc) is 3.30. The Balaban J connectivity index is 1.50. The molecule has 33 heavy (non-hydrogen) atoms. The number of anilines is 1. The summed E-state index contributed by atoms with van der Waals surface area (Å²) in [6.45, 7) is 0.929. The predicted octanol–water partition coefficient (Wildman–Crippen LogP) is 5.59. The number of nitrogens with one attached hydrogen (secondary N) is 2. The van der Waals surface area contributed by atoms with Gasteiger partial charge in [-0.15, -0.1) is 11.3 Å². The van der Waals surface area contributed by atoms with Gasteiger partial charge in [0.05, 0.1) is 5.69 Å². The summed E-state index contributed by atoms with van der Waals surface area (Å²) in [4.78, 5) is 18.1. The number of carbonyl (C=O) groups excluding carboxylic acids is 1. The molecule has 2 aromatic carbocycles. The number of aryl methyl sites for hydroxylation is 2. The van der Waals surface area contributed by atoms with Gasteiger partial charge in [-0.3, -0.25) is 14.5 Å². The van der Waals surface area contributed by atoms with Crippen LogP contribution in [0.3, 0.4) is 0 Å². The van der Waals surface area contributed by atoms with E-state index in [0.29, 0.717) is 21.4 Å². The maximum atomic E-state index is 12.7. The fourth-order valence-electron chi connectivity index (χ4n) is 3.28. The molecule has 0 unspecified atom stereocenters. The standard InChI is InChI=1S/C22H19F2N5O2S2/c1-12-4-3-5-15(10-12)19-27-28-22(32)29(19)11-17(30)25-21-26-18(13(2)33-21)14-6-8-16(9-7-14)31-20(23)24/h3-10,20H,11H2,1-2H3,(H,28,32)(H,25,26,30). The van der Waals surface area contributed by atoms with E-state index in [1.165, 1.54) is 23.5 Å². The van der Waals surface area contributed by atoms with E-state index in [2.05, 4.69) is 25.2 Å². The number of H-pyrrole nitrogens is 1. The van der Waals surface area contributed by atoms with Gasteiger partial charge in [-0.2, -0.15) is 13.9 Å². The van der Waals surface area contributed by atoms with E-state index in [4.69, 9.17) is 12.2 Å². The van der Waals surface area contributed by atoms with Crippen molar-refractivity contribution < 1.29 is 18.3 Å². The number of aromatic nitrogens is 4. The molecule has 2 aromatic heterocycles. The monoisotopic (exact) mass is 487 g/mol. The van der Waals surface area contributed by atoms with Crippen molar-refractivity contribution in [2.75, 3.05) is 5.32 Å². The Morgan fingerprint density at radius 1 is 1.21 bits per heavy atom. The summed E-state index contributed by atoms with van der Waals surface area (Å²) in [5.41, 5.74) is 3.29. The molecule has 0 aliphatic carbocycles. The molecule has 0 spiro atoms. The average molecular weight is 488 g/mol. The number of alkyl halides is 2. The number of nitrogens with zero attached hydrogens (tertiary/aromatic N) is 3. The van der Waals surface area contributed by atoms with Crippen LogP contribution in [0.2, 0.25) is 0 Å². The highest BCUT2D eigenvalue weighted by Gasteiger charge is 2.16. The first-order valence-electron chi connectivity index (χ1n) is 9.85. The van der Waals surface area contributed by atoms with Crippen molar-refractivity contribution in [3.05, 3.63) is 63.7 Å². The summed E-state index contributed by atoms with van der Waals surface area (Å²) in [6, 6.07) is 13.9. The number of benzene rings is 2. The van der Waals surface area contributed by atoms with E-state index >= 15 is 0 Å². The lowest BCUT2D eigenvalue weighted by Gasteiger charge is -2.07. The first kappa shape index (κ1) is 22.7. The van der Waals surface area contributed by atoms with E-state index in [-0.39, 0.29) is 18.2 Å². The molecule has 170 valence electrons. The highest BCUT2D eigenvalue weighted by molar-refractivity contribution is 7.71. The molecule has 0 aliphatic rings. The van der Waals surface area contributed by atoms with Crippen molar-refractivity contribution in [1.29, 1.82) is 0 Å². The molecule has 0 aliphatic heterocycles. The lowest BCUT2D eigenvalue weighted by atomic mass is 10.1. The number of amides is 1. The number of hydrogen-bond acceptors (Lipinski definition) is 6. The number of carbonyl (C=O) groups is 1. The first-order valence-corrected chi connectivity index (χ1v) is 11.1. The minimum atomic E-state index is -2.88. The highest BCUT2D eigenvalue weighted by atomic mass is 32.1. The van der Waals surface area contributed by atoms with Gasteiger partial charge < -0.3 is 10.1 Å². The summed E-state index contributed by atoms with van der Waals surface area (Å²) < 4.78 is 31.0. The summed E-state index contributed by atoms with van der Waals surface area (Å²) in [5, 5.41) is 10.2. The van der Waals surface area contributed by atoms with Crippen molar-refractivity contribution in [3.63, 3.8) is 0 Å². The predicted molar refractivity (Wildman–Crippen MR) is 125 cm³/mol. The van der Waals surface area contributed by atoms with Gasteiger partial charge in [0.25, 0.3) is 0 Å². The number of ether oxygens (including phenoxy) is 1. The second-order valence-electron chi connectivity index (χ2n) is 7.18. The third kappa shape index (κ3) is 5.32. The van der Waals surface area contributed by atoms with Crippen LogP contribution in [0, 0.1) is 18.6 Å². The summed E-state index contributed by atoms with van der Waals surface area (Å²) in [5.74, 6) is 0.333. The van der Waals surface area contributed by atoms with Crippen LogP contribution in [0.4, 0.5) is 13.9 Å². The molecule has 0 fully saturated rings. The normalized spacial score (nSPS) is 11.1. The van der Waals surface area contributed by atoms with E-state index in [0.717, 1.165) is 21.6 Å². The van der Waals surface area contributed by atoms with Crippen LogP contribution < -0.4 is 10.1 Å². The molecule has 0 saturated heterocycles. The summed E-state index contributed by atoms with van der Waals surface area (Å²) in [6.07, 6.45) is 0. The molecule has 0 saturated carbocycles. The lowest BCUT2D eigenvalue weighted by molar-refractivity contribution is -0.116. The molecular formula is C22H19F2N5O2S2. The molecule has 0 bridgehead atoms. The highest BCUT2D eigenvalue weighted by Crippen LogP contribution is 2.31. The zero-order chi connectivity index (χ0) is 23.5. The summed E-state index contributed by atoms with van der Waals surface area (Å²) in [7, 11) is 0. The summed E-state index contributed by atoms with van der Waals surface area (Å²) >= 11 is 6.63. The molecule has 2 heterocycles. The Labute approximate surface area is 197 Å². The Bertz CT molecular complexity index is 1350. The third-order valence-corrected chi connectivity index (χ3v) is 5.93. The van der Waals surface area contributed by atoms with Gasteiger partial charge in [0.15, 0.2) is 15.7 Å². The molecular weight excluding hydrogens is 468 g/mol. The zero-order valence-corrected chi connectivity index (χ0v) is 19.3.